The summed E-state index contributed by atoms with van der Waals surface area (Å²) < 4.78 is 25.0. The topological polar surface area (TPSA) is 67.3 Å². The lowest BCUT2D eigenvalue weighted by atomic mass is 10.0. The Balaban J connectivity index is 1.61. The highest BCUT2D eigenvalue weighted by atomic mass is 32.2. The zero-order valence-corrected chi connectivity index (χ0v) is 12.8. The molecule has 0 radical (unpaired) electrons. The van der Waals surface area contributed by atoms with Gasteiger partial charge in [0.25, 0.3) is 5.91 Å². The molecule has 5 nitrogen and oxygen atoms in total. The van der Waals surface area contributed by atoms with E-state index in [1.165, 1.54) is 0 Å². The van der Waals surface area contributed by atoms with E-state index in [4.69, 9.17) is 0 Å². The number of nitrogens with zero attached hydrogens (tertiary/aromatic N) is 2. The van der Waals surface area contributed by atoms with Crippen LogP contribution in [-0.2, 0) is 9.84 Å². The molecule has 1 aliphatic heterocycles. The number of carbonyl (C=O) groups is 1. The molecule has 1 saturated heterocycles. The molecular weight excluding hydrogens is 288 g/mol. The van der Waals surface area contributed by atoms with E-state index in [9.17, 15) is 13.2 Å². The predicted molar refractivity (Wildman–Crippen MR) is 79.7 cm³/mol. The Labute approximate surface area is 125 Å². The van der Waals surface area contributed by atoms with Gasteiger partial charge in [0, 0.05) is 31.0 Å². The van der Waals surface area contributed by atoms with Gasteiger partial charge in [-0.15, -0.1) is 0 Å². The summed E-state index contributed by atoms with van der Waals surface area (Å²) in [5.74, 6) is -0.104. The van der Waals surface area contributed by atoms with E-state index in [-0.39, 0.29) is 16.4 Å². The van der Waals surface area contributed by atoms with Gasteiger partial charge in [0.15, 0.2) is 9.84 Å². The van der Waals surface area contributed by atoms with Gasteiger partial charge in [-0.25, -0.2) is 8.42 Å². The maximum Gasteiger partial charge on any atom is 0.254 e. The molecule has 3 rings (SSSR count). The van der Waals surface area contributed by atoms with Crippen molar-refractivity contribution in [3.8, 4) is 0 Å². The second-order valence-electron chi connectivity index (χ2n) is 5.92. The van der Waals surface area contributed by atoms with Crippen molar-refractivity contribution >= 4 is 15.7 Å². The van der Waals surface area contributed by atoms with Crippen LogP contribution in [0.25, 0.3) is 0 Å². The second kappa shape index (κ2) is 5.75. The number of aromatic nitrogens is 1. The Hall–Kier alpha value is -1.43. The third-order valence-corrected chi connectivity index (χ3v) is 7.17. The van der Waals surface area contributed by atoms with Crippen LogP contribution in [0.1, 0.15) is 42.5 Å². The van der Waals surface area contributed by atoms with Crippen LogP contribution in [0.15, 0.2) is 24.5 Å². The molecule has 21 heavy (non-hydrogen) atoms. The van der Waals surface area contributed by atoms with Gasteiger partial charge in [-0.1, -0.05) is 19.3 Å². The number of likely N-dealkylation sites (tertiary alicyclic amines) is 1. The van der Waals surface area contributed by atoms with Crippen LogP contribution < -0.4 is 0 Å². The number of hydrogen-bond donors (Lipinski definition) is 0. The molecule has 1 aromatic rings. The highest BCUT2D eigenvalue weighted by molar-refractivity contribution is 7.92. The van der Waals surface area contributed by atoms with Gasteiger partial charge < -0.3 is 4.90 Å². The van der Waals surface area contributed by atoms with Gasteiger partial charge in [-0.05, 0) is 25.0 Å². The SMILES string of the molecule is O=C(c1ccncc1)N1CC(S(=O)(=O)C2CCCCC2)C1. The van der Waals surface area contributed by atoms with Gasteiger partial charge in [0.2, 0.25) is 0 Å². The zero-order valence-electron chi connectivity index (χ0n) is 11.9. The number of rotatable bonds is 3. The summed E-state index contributed by atoms with van der Waals surface area (Å²) in [4.78, 5) is 17.7. The van der Waals surface area contributed by atoms with Gasteiger partial charge in [-0.3, -0.25) is 9.78 Å². The molecule has 6 heteroatoms. The maximum atomic E-state index is 12.5. The Morgan fingerprint density at radius 3 is 2.29 bits per heavy atom. The monoisotopic (exact) mass is 308 g/mol. The van der Waals surface area contributed by atoms with Crippen LogP contribution in [-0.4, -0.2) is 47.8 Å². The summed E-state index contributed by atoms with van der Waals surface area (Å²) in [6.45, 7) is 0.667. The molecule has 114 valence electrons. The van der Waals surface area contributed by atoms with Crippen LogP contribution in [0.5, 0.6) is 0 Å². The highest BCUT2D eigenvalue weighted by Crippen LogP contribution is 2.30. The molecule has 1 amide bonds. The minimum absolute atomic E-state index is 0.104. The first-order valence-corrected chi connectivity index (χ1v) is 9.12. The molecule has 2 heterocycles. The zero-order chi connectivity index (χ0) is 14.9. The molecule has 1 saturated carbocycles. The van der Waals surface area contributed by atoms with Crippen LogP contribution in [0.2, 0.25) is 0 Å². The van der Waals surface area contributed by atoms with Gasteiger partial charge >= 0.3 is 0 Å². The quantitative estimate of drug-likeness (QED) is 0.851. The largest absolute Gasteiger partial charge is 0.336 e. The molecule has 1 aromatic heterocycles. The summed E-state index contributed by atoms with van der Waals surface area (Å²) in [5.41, 5.74) is 0.568. The van der Waals surface area contributed by atoms with E-state index in [1.54, 1.807) is 29.4 Å². The van der Waals surface area contributed by atoms with E-state index in [1.807, 2.05) is 0 Å². The molecule has 1 aliphatic carbocycles. The van der Waals surface area contributed by atoms with Crippen molar-refractivity contribution in [1.29, 1.82) is 0 Å². The van der Waals surface area contributed by atoms with E-state index in [2.05, 4.69) is 4.98 Å². The molecule has 0 atom stereocenters. The van der Waals surface area contributed by atoms with E-state index >= 15 is 0 Å². The fourth-order valence-electron chi connectivity index (χ4n) is 3.15. The Kier molecular flexibility index (Phi) is 3.97. The van der Waals surface area contributed by atoms with Gasteiger partial charge in [0.05, 0.1) is 10.5 Å². The molecular formula is C15H20N2O3S. The lowest BCUT2D eigenvalue weighted by Crippen LogP contribution is -2.58. The number of hydrogen-bond acceptors (Lipinski definition) is 4. The van der Waals surface area contributed by atoms with Crippen molar-refractivity contribution in [1.82, 2.24) is 9.88 Å². The Morgan fingerprint density at radius 1 is 1.05 bits per heavy atom. The summed E-state index contributed by atoms with van der Waals surface area (Å²) in [6.07, 6.45) is 7.89. The van der Waals surface area contributed by atoms with Crippen LogP contribution in [0.3, 0.4) is 0 Å². The predicted octanol–water partition coefficient (Wildman–Crippen LogP) is 1.65. The molecule has 0 unspecified atom stereocenters. The number of sulfone groups is 1. The van der Waals surface area contributed by atoms with Crippen molar-refractivity contribution in [3.63, 3.8) is 0 Å². The average Bonchev–Trinajstić information content (AvgIpc) is 2.47. The molecule has 0 spiro atoms. The summed E-state index contributed by atoms with van der Waals surface area (Å²) in [7, 11) is -3.08. The van der Waals surface area contributed by atoms with Crippen molar-refractivity contribution < 1.29 is 13.2 Å². The average molecular weight is 308 g/mol. The Morgan fingerprint density at radius 2 is 1.67 bits per heavy atom. The highest BCUT2D eigenvalue weighted by Gasteiger charge is 2.43. The minimum Gasteiger partial charge on any atom is -0.336 e. The van der Waals surface area contributed by atoms with Crippen LogP contribution >= 0.6 is 0 Å². The first-order valence-electron chi connectivity index (χ1n) is 7.51. The Bertz CT molecular complexity index is 603. The lowest BCUT2D eigenvalue weighted by Gasteiger charge is -2.40. The first-order chi connectivity index (χ1) is 10.1. The molecule has 0 bridgehead atoms. The van der Waals surface area contributed by atoms with Crippen LogP contribution in [0, 0.1) is 0 Å². The number of pyridine rings is 1. The van der Waals surface area contributed by atoms with Crippen molar-refractivity contribution in [2.24, 2.45) is 0 Å². The summed E-state index contributed by atoms with van der Waals surface area (Å²) in [6, 6.07) is 3.32. The maximum absolute atomic E-state index is 12.5. The number of amides is 1. The third kappa shape index (κ3) is 2.81. The molecule has 0 aromatic carbocycles. The standard InChI is InChI=1S/C15H20N2O3S/c18-15(12-6-8-16-9-7-12)17-10-14(11-17)21(19,20)13-4-2-1-3-5-13/h6-9,13-14H,1-5,10-11H2. The smallest absolute Gasteiger partial charge is 0.254 e. The molecule has 2 aliphatic rings. The van der Waals surface area contributed by atoms with Crippen molar-refractivity contribution in [2.45, 2.75) is 42.6 Å². The van der Waals surface area contributed by atoms with E-state index in [0.29, 0.717) is 18.7 Å². The lowest BCUT2D eigenvalue weighted by molar-refractivity contribution is 0.0658. The molecule has 0 N–H and O–H groups in total. The first kappa shape index (κ1) is 14.5. The fourth-order valence-corrected chi connectivity index (χ4v) is 5.46. The third-order valence-electron chi connectivity index (χ3n) is 4.54. The van der Waals surface area contributed by atoms with Crippen molar-refractivity contribution in [3.05, 3.63) is 30.1 Å². The summed E-state index contributed by atoms with van der Waals surface area (Å²) >= 11 is 0. The normalized spacial score (nSPS) is 21.0. The van der Waals surface area contributed by atoms with Gasteiger partial charge in [0.1, 0.15) is 0 Å². The number of carbonyl (C=O) groups excluding carboxylic acids is 1. The fraction of sp³-hybridized carbons (Fsp3) is 0.600. The van der Waals surface area contributed by atoms with Gasteiger partial charge in [-0.2, -0.15) is 0 Å². The summed E-state index contributed by atoms with van der Waals surface area (Å²) in [5, 5.41) is -0.555. The van der Waals surface area contributed by atoms with Crippen molar-refractivity contribution in [2.75, 3.05) is 13.1 Å². The molecule has 2 fully saturated rings. The van der Waals surface area contributed by atoms with Crippen LogP contribution in [0.4, 0.5) is 0 Å². The minimum atomic E-state index is -3.08. The second-order valence-corrected chi connectivity index (χ2v) is 8.43. The van der Waals surface area contributed by atoms with E-state index < -0.39 is 9.84 Å². The van der Waals surface area contributed by atoms with E-state index in [0.717, 1.165) is 32.1 Å².